The highest BCUT2D eigenvalue weighted by molar-refractivity contribution is 7.10. The van der Waals surface area contributed by atoms with Crippen molar-refractivity contribution in [2.24, 2.45) is 16.1 Å². The van der Waals surface area contributed by atoms with Crippen molar-refractivity contribution < 1.29 is 23.1 Å². The van der Waals surface area contributed by atoms with Crippen molar-refractivity contribution in [3.63, 3.8) is 0 Å². The van der Waals surface area contributed by atoms with Crippen LogP contribution in [0, 0.1) is 5.41 Å². The van der Waals surface area contributed by atoms with Gasteiger partial charge in [-0.3, -0.25) is 4.79 Å². The van der Waals surface area contributed by atoms with Gasteiger partial charge in [-0.05, 0) is 38.7 Å². The Bertz CT molecular complexity index is 719. The molecular weight excluding hydrogens is 377 g/mol. The van der Waals surface area contributed by atoms with Gasteiger partial charge in [0, 0.05) is 16.3 Å². The molecule has 0 aliphatic heterocycles. The Labute approximate surface area is 162 Å². The minimum Gasteiger partial charge on any atom is -0.511 e. The SMILES string of the molecule is CCCCCc1c(C(=O)N=C(N)/C=C(\O)C(C)(C)C(F)(F)F)csc1CC. The maximum absolute atomic E-state index is 13.0. The first-order valence-electron chi connectivity index (χ1n) is 8.91. The number of hydrogen-bond acceptors (Lipinski definition) is 3. The minimum absolute atomic E-state index is 0.430. The number of aryl methyl sites for hydroxylation is 1. The Kier molecular flexibility index (Phi) is 8.07. The van der Waals surface area contributed by atoms with E-state index < -0.39 is 29.1 Å². The molecule has 1 amide bonds. The number of nitrogens with zero attached hydrogens (tertiary/aromatic N) is 1. The van der Waals surface area contributed by atoms with Gasteiger partial charge in [-0.2, -0.15) is 18.2 Å². The predicted octanol–water partition coefficient (Wildman–Crippen LogP) is 5.57. The van der Waals surface area contributed by atoms with E-state index >= 15 is 0 Å². The van der Waals surface area contributed by atoms with Gasteiger partial charge in [-0.15, -0.1) is 11.3 Å². The number of amidine groups is 1. The number of halogens is 3. The zero-order valence-corrected chi connectivity index (χ0v) is 16.9. The lowest BCUT2D eigenvalue weighted by atomic mass is 9.89. The number of unbranched alkanes of at least 4 members (excludes halogenated alkanes) is 2. The Balaban J connectivity index is 3.09. The second-order valence-electron chi connectivity index (χ2n) is 6.86. The fourth-order valence-electron chi connectivity index (χ4n) is 2.40. The number of nitrogens with two attached hydrogens (primary N) is 1. The molecule has 1 aromatic heterocycles. The van der Waals surface area contributed by atoms with Crippen LogP contribution in [0.3, 0.4) is 0 Å². The van der Waals surface area contributed by atoms with Crippen LogP contribution in [-0.2, 0) is 12.8 Å². The van der Waals surface area contributed by atoms with Crippen LogP contribution in [0.25, 0.3) is 0 Å². The molecular formula is C19H27F3N2O2S. The highest BCUT2D eigenvalue weighted by Crippen LogP contribution is 2.42. The molecule has 152 valence electrons. The molecule has 0 saturated heterocycles. The molecule has 0 atom stereocenters. The fourth-order valence-corrected chi connectivity index (χ4v) is 3.42. The predicted molar refractivity (Wildman–Crippen MR) is 103 cm³/mol. The van der Waals surface area contributed by atoms with E-state index in [9.17, 15) is 23.1 Å². The molecule has 4 nitrogen and oxygen atoms in total. The number of carbonyl (C=O) groups excluding carboxylic acids is 1. The topological polar surface area (TPSA) is 75.7 Å². The monoisotopic (exact) mass is 404 g/mol. The number of amides is 1. The molecule has 0 unspecified atom stereocenters. The van der Waals surface area contributed by atoms with Crippen molar-refractivity contribution >= 4 is 23.1 Å². The van der Waals surface area contributed by atoms with Crippen LogP contribution >= 0.6 is 11.3 Å². The third-order valence-electron chi connectivity index (χ3n) is 4.43. The zero-order valence-electron chi connectivity index (χ0n) is 16.1. The Hall–Kier alpha value is -1.83. The molecule has 1 aromatic rings. The molecule has 0 spiro atoms. The normalized spacial score (nSPS) is 13.9. The highest BCUT2D eigenvalue weighted by atomic mass is 32.1. The van der Waals surface area contributed by atoms with Crippen molar-refractivity contribution in [1.82, 2.24) is 0 Å². The van der Waals surface area contributed by atoms with Crippen LogP contribution in [0.4, 0.5) is 13.2 Å². The van der Waals surface area contributed by atoms with E-state index in [-0.39, 0.29) is 0 Å². The third kappa shape index (κ3) is 5.82. The summed E-state index contributed by atoms with van der Waals surface area (Å²) in [6, 6.07) is 0. The molecule has 0 aromatic carbocycles. The maximum atomic E-state index is 13.0. The van der Waals surface area contributed by atoms with Crippen LogP contribution < -0.4 is 5.73 Å². The first kappa shape index (κ1) is 23.2. The molecule has 0 saturated carbocycles. The number of aliphatic hydroxyl groups is 1. The van der Waals surface area contributed by atoms with Crippen molar-refractivity contribution in [2.75, 3.05) is 0 Å². The standard InChI is InChI=1S/C19H27F3N2O2S/c1-5-7-8-9-12-13(11-27-14(12)6-2)17(26)24-16(23)10-15(25)18(3,4)19(20,21)22/h10-11,25H,5-9H2,1-4H3,(H2,23,24,26)/b15-10-. The van der Waals surface area contributed by atoms with Gasteiger partial charge in [-0.1, -0.05) is 26.7 Å². The van der Waals surface area contributed by atoms with E-state index in [0.29, 0.717) is 11.6 Å². The van der Waals surface area contributed by atoms with E-state index in [1.807, 2.05) is 6.92 Å². The van der Waals surface area contributed by atoms with Crippen LogP contribution in [-0.4, -0.2) is 23.0 Å². The summed E-state index contributed by atoms with van der Waals surface area (Å²) in [4.78, 5) is 17.2. The number of hydrogen-bond donors (Lipinski definition) is 2. The Morgan fingerprint density at radius 2 is 1.93 bits per heavy atom. The number of thiophene rings is 1. The Morgan fingerprint density at radius 3 is 2.44 bits per heavy atom. The summed E-state index contributed by atoms with van der Waals surface area (Å²) in [6.07, 6.45) is 0.613. The summed E-state index contributed by atoms with van der Waals surface area (Å²) in [5, 5.41) is 11.5. The number of aliphatic imine (C=N–C) groups is 1. The lowest BCUT2D eigenvalue weighted by Crippen LogP contribution is -2.34. The van der Waals surface area contributed by atoms with Crippen LogP contribution in [0.1, 0.15) is 67.8 Å². The molecule has 0 aliphatic rings. The minimum atomic E-state index is -4.66. The number of aliphatic hydroxyl groups excluding tert-OH is 1. The summed E-state index contributed by atoms with van der Waals surface area (Å²) in [7, 11) is 0. The fraction of sp³-hybridized carbons (Fsp3) is 0.579. The summed E-state index contributed by atoms with van der Waals surface area (Å²) in [5.41, 5.74) is 4.47. The van der Waals surface area contributed by atoms with Gasteiger partial charge in [-0.25, -0.2) is 0 Å². The third-order valence-corrected chi connectivity index (χ3v) is 5.60. The number of allylic oxidation sites excluding steroid dienone is 1. The number of rotatable bonds is 8. The maximum Gasteiger partial charge on any atom is 0.400 e. The highest BCUT2D eigenvalue weighted by Gasteiger charge is 2.50. The second kappa shape index (κ2) is 9.39. The summed E-state index contributed by atoms with van der Waals surface area (Å²) in [6.45, 7) is 5.74. The average molecular weight is 404 g/mol. The lowest BCUT2D eigenvalue weighted by Gasteiger charge is -2.26. The van der Waals surface area contributed by atoms with Gasteiger partial charge in [0.05, 0.1) is 5.56 Å². The quantitative estimate of drug-likeness (QED) is 0.257. The molecule has 8 heteroatoms. The molecule has 1 rings (SSSR count). The molecule has 0 fully saturated rings. The van der Waals surface area contributed by atoms with Gasteiger partial charge in [0.15, 0.2) is 0 Å². The first-order valence-corrected chi connectivity index (χ1v) is 9.79. The van der Waals surface area contributed by atoms with E-state index in [0.717, 1.165) is 56.4 Å². The Morgan fingerprint density at radius 1 is 1.30 bits per heavy atom. The van der Waals surface area contributed by atoms with Crippen molar-refractivity contribution in [3.8, 4) is 0 Å². The van der Waals surface area contributed by atoms with E-state index in [4.69, 9.17) is 5.73 Å². The van der Waals surface area contributed by atoms with Crippen LogP contribution in [0.5, 0.6) is 0 Å². The van der Waals surface area contributed by atoms with Gasteiger partial charge in [0.2, 0.25) is 0 Å². The van der Waals surface area contributed by atoms with Gasteiger partial charge in [0.25, 0.3) is 5.91 Å². The molecule has 0 aliphatic carbocycles. The van der Waals surface area contributed by atoms with Gasteiger partial charge in [0.1, 0.15) is 17.0 Å². The smallest absolute Gasteiger partial charge is 0.400 e. The lowest BCUT2D eigenvalue weighted by molar-refractivity contribution is -0.206. The number of alkyl halides is 3. The molecule has 27 heavy (non-hydrogen) atoms. The molecule has 1 heterocycles. The van der Waals surface area contributed by atoms with Crippen molar-refractivity contribution in [3.05, 3.63) is 33.2 Å². The van der Waals surface area contributed by atoms with Crippen molar-refractivity contribution in [1.29, 1.82) is 0 Å². The van der Waals surface area contributed by atoms with Crippen molar-refractivity contribution in [2.45, 2.75) is 66.0 Å². The average Bonchev–Trinajstić information content (AvgIpc) is 2.96. The largest absolute Gasteiger partial charge is 0.511 e. The van der Waals surface area contributed by atoms with Gasteiger partial charge < -0.3 is 10.8 Å². The van der Waals surface area contributed by atoms with E-state index in [1.54, 1.807) is 5.38 Å². The zero-order chi connectivity index (χ0) is 20.8. The second-order valence-corrected chi connectivity index (χ2v) is 7.82. The summed E-state index contributed by atoms with van der Waals surface area (Å²) in [5.74, 6) is -2.06. The van der Waals surface area contributed by atoms with Gasteiger partial charge >= 0.3 is 6.18 Å². The summed E-state index contributed by atoms with van der Waals surface area (Å²) < 4.78 is 38.9. The molecule has 0 radical (unpaired) electrons. The first-order chi connectivity index (χ1) is 12.5. The van der Waals surface area contributed by atoms with Crippen LogP contribution in [0.2, 0.25) is 0 Å². The molecule has 3 N–H and O–H groups in total. The van der Waals surface area contributed by atoms with E-state index in [1.165, 1.54) is 11.3 Å². The number of carbonyl (C=O) groups is 1. The van der Waals surface area contributed by atoms with E-state index in [2.05, 4.69) is 11.9 Å². The summed E-state index contributed by atoms with van der Waals surface area (Å²) >= 11 is 1.47. The molecule has 0 bridgehead atoms. The van der Waals surface area contributed by atoms with Crippen LogP contribution in [0.15, 0.2) is 22.2 Å².